The lowest BCUT2D eigenvalue weighted by molar-refractivity contribution is -0.138. The van der Waals surface area contributed by atoms with Crippen LogP contribution >= 0.6 is 0 Å². The first kappa shape index (κ1) is 14.8. The van der Waals surface area contributed by atoms with Gasteiger partial charge in [-0.1, -0.05) is 67.6 Å². The molecule has 0 radical (unpaired) electrons. The Hall–Kier alpha value is -2.09. The Morgan fingerprint density at radius 3 is 2.18 bits per heavy atom. The molecule has 0 spiro atoms. The van der Waals surface area contributed by atoms with Crippen LogP contribution in [0.3, 0.4) is 0 Å². The number of hydrogen-bond acceptors (Lipinski definition) is 1. The Labute approximate surface area is 132 Å². The van der Waals surface area contributed by atoms with Crippen molar-refractivity contribution in [3.05, 3.63) is 71.8 Å². The van der Waals surface area contributed by atoms with Crippen LogP contribution in [0.5, 0.6) is 0 Å². The molecule has 0 saturated carbocycles. The van der Waals surface area contributed by atoms with E-state index in [2.05, 4.69) is 50.2 Å². The minimum Gasteiger partial charge on any atom is -0.336 e. The SMILES string of the molecule is C[C@@H](c1ccccc1)N1CCC(C)(c2ccccc2)CC1=O. The summed E-state index contributed by atoms with van der Waals surface area (Å²) in [6.07, 6.45) is 1.61. The van der Waals surface area contributed by atoms with E-state index in [1.54, 1.807) is 0 Å². The summed E-state index contributed by atoms with van der Waals surface area (Å²) >= 11 is 0. The lowest BCUT2D eigenvalue weighted by Gasteiger charge is -2.42. The molecule has 2 atom stereocenters. The van der Waals surface area contributed by atoms with Gasteiger partial charge < -0.3 is 4.90 Å². The van der Waals surface area contributed by atoms with E-state index in [0.29, 0.717) is 6.42 Å². The zero-order valence-corrected chi connectivity index (χ0v) is 13.3. The van der Waals surface area contributed by atoms with Crippen molar-refractivity contribution in [1.82, 2.24) is 4.90 Å². The Bertz CT molecular complexity index is 637. The Kier molecular flexibility index (Phi) is 4.02. The second-order valence-electron chi connectivity index (χ2n) is 6.53. The van der Waals surface area contributed by atoms with Crippen molar-refractivity contribution in [1.29, 1.82) is 0 Å². The molecule has 2 nitrogen and oxygen atoms in total. The molecular formula is C20H23NO. The number of hydrogen-bond donors (Lipinski definition) is 0. The predicted molar refractivity (Wildman–Crippen MR) is 89.6 cm³/mol. The second-order valence-corrected chi connectivity index (χ2v) is 6.53. The molecule has 1 amide bonds. The van der Waals surface area contributed by atoms with Crippen LogP contribution in [0.4, 0.5) is 0 Å². The van der Waals surface area contributed by atoms with Crippen molar-refractivity contribution in [3.63, 3.8) is 0 Å². The molecule has 1 aliphatic rings. The molecule has 0 aliphatic carbocycles. The van der Waals surface area contributed by atoms with Crippen LogP contribution < -0.4 is 0 Å². The van der Waals surface area contributed by atoms with Crippen LogP contribution in [0.15, 0.2) is 60.7 Å². The van der Waals surface area contributed by atoms with E-state index >= 15 is 0 Å². The third-order valence-corrected chi connectivity index (χ3v) is 4.99. The van der Waals surface area contributed by atoms with Crippen molar-refractivity contribution in [2.75, 3.05) is 6.54 Å². The topological polar surface area (TPSA) is 20.3 Å². The summed E-state index contributed by atoms with van der Waals surface area (Å²) in [5.41, 5.74) is 2.44. The van der Waals surface area contributed by atoms with Crippen molar-refractivity contribution >= 4 is 5.91 Å². The minimum absolute atomic E-state index is 0.0365. The lowest BCUT2D eigenvalue weighted by Crippen LogP contribution is -2.45. The van der Waals surface area contributed by atoms with Gasteiger partial charge in [-0.15, -0.1) is 0 Å². The van der Waals surface area contributed by atoms with Gasteiger partial charge in [0.2, 0.25) is 5.91 Å². The summed E-state index contributed by atoms with van der Waals surface area (Å²) in [4.78, 5) is 14.8. The van der Waals surface area contributed by atoms with Gasteiger partial charge in [0.1, 0.15) is 0 Å². The maximum atomic E-state index is 12.7. The predicted octanol–water partition coefficient (Wildman–Crippen LogP) is 4.33. The number of carbonyl (C=O) groups excluding carboxylic acids is 1. The molecule has 1 aliphatic heterocycles. The molecule has 2 aromatic carbocycles. The van der Waals surface area contributed by atoms with Gasteiger partial charge in [0.05, 0.1) is 6.04 Å². The van der Waals surface area contributed by atoms with Gasteiger partial charge in [-0.05, 0) is 24.5 Å². The molecule has 2 aromatic rings. The second kappa shape index (κ2) is 5.96. The van der Waals surface area contributed by atoms with Gasteiger partial charge in [0.15, 0.2) is 0 Å². The number of benzene rings is 2. The highest BCUT2D eigenvalue weighted by Gasteiger charge is 2.38. The summed E-state index contributed by atoms with van der Waals surface area (Å²) in [7, 11) is 0. The van der Waals surface area contributed by atoms with Gasteiger partial charge in [0, 0.05) is 18.4 Å². The normalized spacial score (nSPS) is 23.4. The van der Waals surface area contributed by atoms with Crippen molar-refractivity contribution in [2.45, 2.75) is 38.1 Å². The number of nitrogens with zero attached hydrogens (tertiary/aromatic N) is 1. The maximum Gasteiger partial charge on any atom is 0.223 e. The first-order valence-corrected chi connectivity index (χ1v) is 8.00. The van der Waals surface area contributed by atoms with Crippen LogP contribution in [0.1, 0.15) is 43.9 Å². The first-order chi connectivity index (χ1) is 10.6. The van der Waals surface area contributed by atoms with E-state index in [-0.39, 0.29) is 17.4 Å². The van der Waals surface area contributed by atoms with Crippen molar-refractivity contribution in [3.8, 4) is 0 Å². The average Bonchev–Trinajstić information content (AvgIpc) is 2.56. The molecule has 114 valence electrons. The molecule has 1 fully saturated rings. The zero-order valence-electron chi connectivity index (χ0n) is 13.3. The molecule has 1 unspecified atom stereocenters. The summed E-state index contributed by atoms with van der Waals surface area (Å²) in [5, 5.41) is 0. The first-order valence-electron chi connectivity index (χ1n) is 8.00. The van der Waals surface area contributed by atoms with E-state index in [0.717, 1.165) is 13.0 Å². The largest absolute Gasteiger partial charge is 0.336 e. The summed E-state index contributed by atoms with van der Waals surface area (Å²) in [6, 6.07) is 20.9. The van der Waals surface area contributed by atoms with Gasteiger partial charge in [-0.25, -0.2) is 0 Å². The highest BCUT2D eigenvalue weighted by Crippen LogP contribution is 2.38. The van der Waals surface area contributed by atoms with Crippen LogP contribution in [0, 0.1) is 0 Å². The van der Waals surface area contributed by atoms with E-state index in [1.165, 1.54) is 11.1 Å². The molecule has 1 heterocycles. The summed E-state index contributed by atoms with van der Waals surface area (Å²) < 4.78 is 0. The zero-order chi connectivity index (χ0) is 15.6. The van der Waals surface area contributed by atoms with Crippen LogP contribution in [0.2, 0.25) is 0 Å². The fraction of sp³-hybridized carbons (Fsp3) is 0.350. The van der Waals surface area contributed by atoms with E-state index in [9.17, 15) is 4.79 Å². The number of likely N-dealkylation sites (tertiary alicyclic amines) is 1. The highest BCUT2D eigenvalue weighted by atomic mass is 16.2. The number of amides is 1. The lowest BCUT2D eigenvalue weighted by atomic mass is 9.74. The minimum atomic E-state index is -0.0365. The third kappa shape index (κ3) is 2.78. The number of rotatable bonds is 3. The van der Waals surface area contributed by atoms with Gasteiger partial charge in [-0.3, -0.25) is 4.79 Å². The van der Waals surface area contributed by atoms with E-state index < -0.39 is 0 Å². The molecular weight excluding hydrogens is 270 g/mol. The molecule has 1 saturated heterocycles. The van der Waals surface area contributed by atoms with Crippen LogP contribution in [-0.2, 0) is 10.2 Å². The van der Waals surface area contributed by atoms with Gasteiger partial charge in [0.25, 0.3) is 0 Å². The smallest absolute Gasteiger partial charge is 0.223 e. The molecule has 0 bridgehead atoms. The maximum absolute atomic E-state index is 12.7. The van der Waals surface area contributed by atoms with E-state index in [1.807, 2.05) is 29.2 Å². The monoisotopic (exact) mass is 293 g/mol. The summed E-state index contributed by atoms with van der Waals surface area (Å²) in [6.45, 7) is 5.16. The molecule has 3 rings (SSSR count). The quantitative estimate of drug-likeness (QED) is 0.825. The molecule has 0 aromatic heterocycles. The average molecular weight is 293 g/mol. The third-order valence-electron chi connectivity index (χ3n) is 4.99. The Balaban J connectivity index is 1.77. The van der Waals surface area contributed by atoms with Crippen LogP contribution in [0.25, 0.3) is 0 Å². The Morgan fingerprint density at radius 1 is 1.00 bits per heavy atom. The molecule has 2 heteroatoms. The Morgan fingerprint density at radius 2 is 1.59 bits per heavy atom. The number of piperidine rings is 1. The van der Waals surface area contributed by atoms with Gasteiger partial charge >= 0.3 is 0 Å². The summed E-state index contributed by atoms with van der Waals surface area (Å²) in [5.74, 6) is 0.258. The van der Waals surface area contributed by atoms with Crippen LogP contribution in [-0.4, -0.2) is 17.4 Å². The van der Waals surface area contributed by atoms with Crippen molar-refractivity contribution < 1.29 is 4.79 Å². The molecule has 0 N–H and O–H groups in total. The molecule has 22 heavy (non-hydrogen) atoms. The highest BCUT2D eigenvalue weighted by molar-refractivity contribution is 5.79. The fourth-order valence-electron chi connectivity index (χ4n) is 3.42. The number of carbonyl (C=O) groups is 1. The van der Waals surface area contributed by atoms with Gasteiger partial charge in [-0.2, -0.15) is 0 Å². The fourth-order valence-corrected chi connectivity index (χ4v) is 3.42. The van der Waals surface area contributed by atoms with Crippen molar-refractivity contribution in [2.24, 2.45) is 0 Å². The standard InChI is InChI=1S/C20H23NO/c1-16(17-9-5-3-6-10-17)21-14-13-20(2,15-19(21)22)18-11-7-4-8-12-18/h3-12,16H,13-15H2,1-2H3/t16-,20?/m0/s1. The van der Waals surface area contributed by atoms with E-state index in [4.69, 9.17) is 0 Å².